The van der Waals surface area contributed by atoms with Crippen LogP contribution < -0.4 is 5.32 Å². The molecule has 1 aliphatic rings. The molecule has 1 N–H and O–H groups in total. The molecule has 2 aromatic carbocycles. The highest BCUT2D eigenvalue weighted by Gasteiger charge is 2.38. The second-order valence-electron chi connectivity index (χ2n) is 10.2. The first kappa shape index (κ1) is 30.8. The number of likely N-dealkylation sites (tertiary alicyclic amines) is 1. The summed E-state index contributed by atoms with van der Waals surface area (Å²) in [5.41, 5.74) is -1.77. The molecule has 1 aromatic heterocycles. The number of nitrogens with one attached hydrogen (secondary N) is 1. The van der Waals surface area contributed by atoms with Crippen LogP contribution in [0.25, 0.3) is 0 Å². The maximum Gasteiger partial charge on any atom is 0.416 e. The number of piperidine rings is 1. The Labute approximate surface area is 237 Å². The van der Waals surface area contributed by atoms with Gasteiger partial charge in [-0.1, -0.05) is 6.07 Å². The Morgan fingerprint density at radius 2 is 1.60 bits per heavy atom. The van der Waals surface area contributed by atoms with Gasteiger partial charge in [-0.2, -0.15) is 26.3 Å². The van der Waals surface area contributed by atoms with Gasteiger partial charge in [-0.25, -0.2) is 9.18 Å². The molecule has 4 rings (SSSR count). The number of benzene rings is 2. The van der Waals surface area contributed by atoms with E-state index in [1.807, 2.05) is 0 Å². The molecule has 2 heterocycles. The Morgan fingerprint density at radius 1 is 0.976 bits per heavy atom. The molecule has 224 valence electrons. The number of carbonyl (C=O) groups is 2. The Balaban J connectivity index is 1.59. The molecule has 0 unspecified atom stereocenters. The predicted molar refractivity (Wildman–Crippen MR) is 139 cm³/mol. The molecule has 3 aromatic rings. The summed E-state index contributed by atoms with van der Waals surface area (Å²) in [6, 6.07) is 6.64. The van der Waals surface area contributed by atoms with Crippen LogP contribution in [0.15, 0.2) is 60.9 Å². The number of nitrogens with zero attached hydrogens (tertiary/aromatic N) is 3. The molecule has 6 nitrogen and oxygen atoms in total. The highest BCUT2D eigenvalue weighted by Crippen LogP contribution is 2.37. The van der Waals surface area contributed by atoms with E-state index in [4.69, 9.17) is 0 Å². The number of carbonyl (C=O) groups excluding carboxylic acids is 2. The lowest BCUT2D eigenvalue weighted by Crippen LogP contribution is -2.51. The van der Waals surface area contributed by atoms with Crippen molar-refractivity contribution in [2.45, 2.75) is 50.7 Å². The number of halogens is 7. The van der Waals surface area contributed by atoms with Crippen molar-refractivity contribution in [1.82, 2.24) is 20.1 Å². The predicted octanol–water partition coefficient (Wildman–Crippen LogP) is 6.75. The molecule has 2 atom stereocenters. The molecule has 0 aliphatic carbocycles. The molecule has 1 aliphatic heterocycles. The summed E-state index contributed by atoms with van der Waals surface area (Å²) in [5.74, 6) is -0.839. The Morgan fingerprint density at radius 3 is 2.17 bits per heavy atom. The number of hydrogen-bond acceptors (Lipinski definition) is 3. The highest BCUT2D eigenvalue weighted by atomic mass is 19.4. The maximum absolute atomic E-state index is 13.9. The Kier molecular flexibility index (Phi) is 8.79. The minimum atomic E-state index is -5.02. The number of alkyl halides is 6. The van der Waals surface area contributed by atoms with Crippen LogP contribution in [0.5, 0.6) is 0 Å². The van der Waals surface area contributed by atoms with E-state index in [2.05, 4.69) is 10.3 Å². The van der Waals surface area contributed by atoms with E-state index in [9.17, 15) is 40.3 Å². The van der Waals surface area contributed by atoms with Gasteiger partial charge in [0.1, 0.15) is 5.82 Å². The molecule has 1 fully saturated rings. The minimum Gasteiger partial charge on any atom is -0.349 e. The summed E-state index contributed by atoms with van der Waals surface area (Å²) in [6.45, 7) is 1.24. The fourth-order valence-corrected chi connectivity index (χ4v) is 5.08. The van der Waals surface area contributed by atoms with Gasteiger partial charge in [0.25, 0.3) is 5.91 Å². The van der Waals surface area contributed by atoms with Crippen LogP contribution in [0.1, 0.15) is 57.1 Å². The average molecular weight is 597 g/mol. The molecule has 0 bridgehead atoms. The van der Waals surface area contributed by atoms with Gasteiger partial charge < -0.3 is 15.1 Å². The SMILES string of the molecule is Cc1cc(F)ccc1[C@H]1C[C@H](NC(=O)c2ccncc2)CCN1C(=O)N(C)Cc1cc(C(F)(F)F)cc(C(F)(F)F)c1. The molecule has 1 saturated heterocycles. The summed E-state index contributed by atoms with van der Waals surface area (Å²) in [5, 5.41) is 2.93. The number of aryl methyl sites for hydroxylation is 1. The van der Waals surface area contributed by atoms with Crippen LogP contribution in [-0.4, -0.2) is 46.4 Å². The normalized spacial score (nSPS) is 17.6. The molecule has 3 amide bonds. The minimum absolute atomic E-state index is 0.0314. The zero-order valence-corrected chi connectivity index (χ0v) is 22.6. The van der Waals surface area contributed by atoms with E-state index >= 15 is 0 Å². The maximum atomic E-state index is 13.9. The summed E-state index contributed by atoms with van der Waals surface area (Å²) in [6.07, 6.45) is -6.53. The first-order valence-corrected chi connectivity index (χ1v) is 12.9. The van der Waals surface area contributed by atoms with E-state index in [0.29, 0.717) is 35.2 Å². The van der Waals surface area contributed by atoms with Gasteiger partial charge in [0, 0.05) is 44.1 Å². The van der Waals surface area contributed by atoms with Crippen molar-refractivity contribution in [1.29, 1.82) is 0 Å². The van der Waals surface area contributed by atoms with Crippen molar-refractivity contribution in [3.05, 3.63) is 100 Å². The molecule has 0 radical (unpaired) electrons. The van der Waals surface area contributed by atoms with Crippen LogP contribution in [0.2, 0.25) is 0 Å². The Bertz CT molecular complexity index is 1410. The van der Waals surface area contributed by atoms with Gasteiger partial charge >= 0.3 is 18.4 Å². The molecule has 0 spiro atoms. The fourth-order valence-electron chi connectivity index (χ4n) is 5.08. The summed E-state index contributed by atoms with van der Waals surface area (Å²) < 4.78 is 94.0. The second-order valence-corrected chi connectivity index (χ2v) is 10.2. The topological polar surface area (TPSA) is 65.5 Å². The van der Waals surface area contributed by atoms with E-state index in [-0.39, 0.29) is 36.5 Å². The molecular weight excluding hydrogens is 569 g/mol. The number of rotatable bonds is 5. The van der Waals surface area contributed by atoms with E-state index in [0.717, 1.165) is 4.90 Å². The van der Waals surface area contributed by atoms with E-state index in [1.54, 1.807) is 19.1 Å². The lowest BCUT2D eigenvalue weighted by Gasteiger charge is -2.42. The van der Waals surface area contributed by atoms with Gasteiger partial charge in [-0.15, -0.1) is 0 Å². The van der Waals surface area contributed by atoms with Crippen molar-refractivity contribution in [2.75, 3.05) is 13.6 Å². The first-order valence-electron chi connectivity index (χ1n) is 12.9. The van der Waals surface area contributed by atoms with Crippen LogP contribution >= 0.6 is 0 Å². The third kappa shape index (κ3) is 7.18. The third-order valence-electron chi connectivity index (χ3n) is 7.11. The van der Waals surface area contributed by atoms with Crippen molar-refractivity contribution in [3.8, 4) is 0 Å². The standard InChI is InChI=1S/C29H27F7N4O2/c1-17-11-22(30)3-4-24(17)25-15-23(38-26(41)19-5-8-37-9-6-19)7-10-40(25)27(42)39(2)16-18-12-20(28(31,32)33)14-21(13-18)29(34,35)36/h3-6,8-9,11-14,23,25H,7,10,15-16H2,1-2H3,(H,38,41)/t23-,25-/m1/s1. The fraction of sp³-hybridized carbons (Fsp3) is 0.345. The monoisotopic (exact) mass is 596 g/mol. The smallest absolute Gasteiger partial charge is 0.349 e. The van der Waals surface area contributed by atoms with Crippen LogP contribution in [-0.2, 0) is 18.9 Å². The number of hydrogen-bond donors (Lipinski definition) is 1. The largest absolute Gasteiger partial charge is 0.416 e. The number of urea groups is 1. The van der Waals surface area contributed by atoms with Crippen molar-refractivity contribution >= 4 is 11.9 Å². The van der Waals surface area contributed by atoms with E-state index in [1.165, 1.54) is 42.5 Å². The number of amides is 3. The second kappa shape index (κ2) is 12.0. The zero-order valence-electron chi connectivity index (χ0n) is 22.6. The van der Waals surface area contributed by atoms with Crippen LogP contribution in [0, 0.1) is 12.7 Å². The van der Waals surface area contributed by atoms with Gasteiger partial charge in [0.2, 0.25) is 0 Å². The van der Waals surface area contributed by atoms with Gasteiger partial charge in [-0.05, 0) is 78.9 Å². The lowest BCUT2D eigenvalue weighted by atomic mass is 9.89. The van der Waals surface area contributed by atoms with Crippen molar-refractivity contribution in [2.24, 2.45) is 0 Å². The lowest BCUT2D eigenvalue weighted by molar-refractivity contribution is -0.143. The first-order chi connectivity index (χ1) is 19.6. The number of aromatic nitrogens is 1. The van der Waals surface area contributed by atoms with Crippen molar-refractivity contribution in [3.63, 3.8) is 0 Å². The van der Waals surface area contributed by atoms with Gasteiger partial charge in [0.05, 0.1) is 17.2 Å². The van der Waals surface area contributed by atoms with E-state index < -0.39 is 47.9 Å². The zero-order chi connectivity index (χ0) is 30.8. The molecular formula is C29H27F7N4O2. The molecule has 13 heteroatoms. The highest BCUT2D eigenvalue weighted by molar-refractivity contribution is 5.94. The average Bonchev–Trinajstić information content (AvgIpc) is 2.92. The van der Waals surface area contributed by atoms with Crippen LogP contribution in [0.3, 0.4) is 0 Å². The quantitative estimate of drug-likeness (QED) is 0.332. The number of pyridine rings is 1. The molecule has 42 heavy (non-hydrogen) atoms. The summed E-state index contributed by atoms with van der Waals surface area (Å²) in [7, 11) is 1.28. The van der Waals surface area contributed by atoms with Gasteiger partial charge in [-0.3, -0.25) is 9.78 Å². The van der Waals surface area contributed by atoms with Crippen LogP contribution in [0.4, 0.5) is 35.5 Å². The summed E-state index contributed by atoms with van der Waals surface area (Å²) in [4.78, 5) is 32.7. The third-order valence-corrected chi connectivity index (χ3v) is 7.11. The summed E-state index contributed by atoms with van der Waals surface area (Å²) >= 11 is 0. The van der Waals surface area contributed by atoms with Gasteiger partial charge in [0.15, 0.2) is 0 Å². The molecule has 0 saturated carbocycles. The van der Waals surface area contributed by atoms with Crippen molar-refractivity contribution < 1.29 is 40.3 Å². The Hall–Kier alpha value is -4.16.